The number of esters is 2. The van der Waals surface area contributed by atoms with Crippen LogP contribution in [0.1, 0.15) is 457 Å². The largest absolute Gasteiger partial charge is 0.477 e. The second-order valence-corrected chi connectivity index (χ2v) is 30.5. The topological polar surface area (TPSA) is 108 Å². The number of nitrogens with zero attached hydrogens (tertiary/aromatic N) is 1. The molecule has 0 spiro atoms. The van der Waals surface area contributed by atoms with Crippen molar-refractivity contribution in [2.45, 2.75) is 469 Å². The van der Waals surface area contributed by atoms with Crippen molar-refractivity contribution in [2.24, 2.45) is 0 Å². The molecule has 94 heavy (non-hydrogen) atoms. The normalized spacial score (nSPS) is 12.6. The second-order valence-electron chi connectivity index (χ2n) is 30.5. The summed E-state index contributed by atoms with van der Waals surface area (Å²) in [6.45, 7) is 4.98. The number of carboxylic acid groups (broad SMARTS) is 1. The van der Waals surface area contributed by atoms with Gasteiger partial charge in [-0.2, -0.15) is 0 Å². The van der Waals surface area contributed by atoms with Gasteiger partial charge in [0.15, 0.2) is 6.10 Å². The van der Waals surface area contributed by atoms with Crippen molar-refractivity contribution in [3.8, 4) is 0 Å². The average Bonchev–Trinajstić information content (AvgIpc) is 3.42. The van der Waals surface area contributed by atoms with Crippen molar-refractivity contribution in [3.63, 3.8) is 0 Å². The molecule has 2 atom stereocenters. The van der Waals surface area contributed by atoms with E-state index in [0.29, 0.717) is 17.4 Å². The molecule has 0 aliphatic heterocycles. The third-order valence-electron chi connectivity index (χ3n) is 19.8. The van der Waals surface area contributed by atoms with Crippen LogP contribution in [0.5, 0.6) is 0 Å². The van der Waals surface area contributed by atoms with E-state index in [-0.39, 0.29) is 38.2 Å². The van der Waals surface area contributed by atoms with Gasteiger partial charge in [0.25, 0.3) is 6.29 Å². The van der Waals surface area contributed by atoms with Gasteiger partial charge in [0.2, 0.25) is 0 Å². The van der Waals surface area contributed by atoms with Crippen LogP contribution in [0.15, 0.2) is 12.2 Å². The maximum atomic E-state index is 13.0. The van der Waals surface area contributed by atoms with Crippen molar-refractivity contribution < 1.29 is 42.9 Å². The maximum absolute atomic E-state index is 13.0. The molecule has 0 heterocycles. The average molecular weight is 1330 g/mol. The van der Waals surface area contributed by atoms with Gasteiger partial charge >= 0.3 is 17.9 Å². The van der Waals surface area contributed by atoms with E-state index in [1.165, 1.54) is 392 Å². The molecule has 0 amide bonds. The minimum atomic E-state index is -1.51. The number of likely N-dealkylation sites (N-methyl/N-ethyl adjacent to an activating group) is 1. The lowest BCUT2D eigenvalue weighted by atomic mass is 10.0. The zero-order chi connectivity index (χ0) is 68.2. The van der Waals surface area contributed by atoms with Crippen molar-refractivity contribution in [1.82, 2.24) is 0 Å². The summed E-state index contributed by atoms with van der Waals surface area (Å²) in [4.78, 5) is 37.7. The van der Waals surface area contributed by atoms with E-state index in [9.17, 15) is 19.5 Å². The van der Waals surface area contributed by atoms with Gasteiger partial charge in [-0.3, -0.25) is 9.59 Å². The Bertz CT molecular complexity index is 1550. The van der Waals surface area contributed by atoms with Crippen LogP contribution in [0.2, 0.25) is 0 Å². The van der Waals surface area contributed by atoms with Crippen molar-refractivity contribution in [1.29, 1.82) is 0 Å². The quantitative estimate of drug-likeness (QED) is 0.0211. The van der Waals surface area contributed by atoms with E-state index in [0.717, 1.165) is 38.5 Å². The molecule has 0 radical (unpaired) electrons. The number of carbonyl (C=O) groups is 3. The fourth-order valence-electron chi connectivity index (χ4n) is 13.3. The van der Waals surface area contributed by atoms with Crippen LogP contribution in [0.3, 0.4) is 0 Å². The molecule has 0 saturated heterocycles. The van der Waals surface area contributed by atoms with Crippen LogP contribution in [0.4, 0.5) is 0 Å². The number of allylic oxidation sites excluding steroid dienone is 2. The molecule has 0 rings (SSSR count). The van der Waals surface area contributed by atoms with Gasteiger partial charge in [-0.05, 0) is 38.5 Å². The van der Waals surface area contributed by atoms with E-state index in [4.69, 9.17) is 18.9 Å². The lowest BCUT2D eigenvalue weighted by Gasteiger charge is -2.25. The molecule has 2 unspecified atom stereocenters. The fraction of sp³-hybridized carbons (Fsp3) is 0.941. The summed E-state index contributed by atoms with van der Waals surface area (Å²) in [5, 5.41) is 9.78. The molecule has 9 nitrogen and oxygen atoms in total. The van der Waals surface area contributed by atoms with E-state index in [2.05, 4.69) is 26.0 Å². The number of rotatable bonds is 81. The standard InChI is InChI=1S/C85H165NO8/c1-6-8-10-12-14-16-18-20-22-24-26-28-30-32-34-36-37-38-39-40-41-42-43-44-45-46-47-48-50-52-54-56-58-60-62-64-66-68-70-72-74-76-83(88)94-81(80-93-85(84(89)90)91-78-77-86(3,4)5)79-92-82(87)75-73-71-69-67-65-63-61-59-57-55-53-51-49-35-33-31-29-27-25-23-21-19-17-15-13-11-9-7-2/h24,26,81,85H,6-23,25,27-80H2,1-5H3/p+1/b26-24-. The van der Waals surface area contributed by atoms with Crippen LogP contribution in [-0.2, 0) is 33.3 Å². The molecule has 0 saturated carbocycles. The molecular weight excluding hydrogens is 1160 g/mol. The highest BCUT2D eigenvalue weighted by molar-refractivity contribution is 5.71. The van der Waals surface area contributed by atoms with Crippen LogP contribution < -0.4 is 0 Å². The number of carboxylic acids is 1. The summed E-state index contributed by atoms with van der Waals surface area (Å²) in [6.07, 6.45) is 94.0. The smallest absolute Gasteiger partial charge is 0.361 e. The molecule has 9 heteroatoms. The van der Waals surface area contributed by atoms with Crippen molar-refractivity contribution >= 4 is 17.9 Å². The number of carbonyl (C=O) groups excluding carboxylic acids is 2. The third-order valence-corrected chi connectivity index (χ3v) is 19.8. The Morgan fingerprint density at radius 1 is 0.309 bits per heavy atom. The summed E-state index contributed by atoms with van der Waals surface area (Å²) in [7, 11) is 6.01. The maximum Gasteiger partial charge on any atom is 0.361 e. The molecule has 1 N–H and O–H groups in total. The first kappa shape index (κ1) is 92.0. The summed E-state index contributed by atoms with van der Waals surface area (Å²) in [5.41, 5.74) is 0. The van der Waals surface area contributed by atoms with Crippen LogP contribution >= 0.6 is 0 Å². The van der Waals surface area contributed by atoms with Gasteiger partial charge in [-0.1, -0.05) is 418 Å². The number of hydrogen-bond donors (Lipinski definition) is 1. The first-order chi connectivity index (χ1) is 46.1. The number of unbranched alkanes of at least 4 members (excludes halogenated alkanes) is 64. The van der Waals surface area contributed by atoms with Crippen molar-refractivity contribution in [3.05, 3.63) is 12.2 Å². The Kier molecular flexibility index (Phi) is 75.2. The first-order valence-electron chi connectivity index (χ1n) is 42.4. The minimum absolute atomic E-state index is 0.172. The van der Waals surface area contributed by atoms with Crippen LogP contribution in [0.25, 0.3) is 0 Å². The van der Waals surface area contributed by atoms with Gasteiger partial charge in [0, 0.05) is 12.8 Å². The van der Waals surface area contributed by atoms with Gasteiger partial charge < -0.3 is 28.5 Å². The summed E-state index contributed by atoms with van der Waals surface area (Å²) < 4.78 is 23.1. The van der Waals surface area contributed by atoms with Crippen LogP contribution in [0, 0.1) is 0 Å². The van der Waals surface area contributed by atoms with E-state index >= 15 is 0 Å². The summed E-state index contributed by atoms with van der Waals surface area (Å²) in [6, 6.07) is 0. The lowest BCUT2D eigenvalue weighted by Crippen LogP contribution is -2.40. The number of hydrogen-bond acceptors (Lipinski definition) is 7. The minimum Gasteiger partial charge on any atom is -0.477 e. The highest BCUT2D eigenvalue weighted by atomic mass is 16.7. The molecule has 0 bridgehead atoms. The molecule has 0 aromatic heterocycles. The predicted octanol–water partition coefficient (Wildman–Crippen LogP) is 27.1. The Morgan fingerprint density at radius 2 is 0.543 bits per heavy atom. The predicted molar refractivity (Wildman–Crippen MR) is 406 cm³/mol. The molecule has 0 aromatic rings. The number of quaternary nitrogens is 1. The molecule has 0 aliphatic rings. The Labute approximate surface area is 586 Å². The van der Waals surface area contributed by atoms with Gasteiger partial charge in [0.1, 0.15) is 13.2 Å². The lowest BCUT2D eigenvalue weighted by molar-refractivity contribution is -0.870. The number of aliphatic carboxylic acids is 1. The summed E-state index contributed by atoms with van der Waals surface area (Å²) >= 11 is 0. The molecular formula is C85H166NO8+. The van der Waals surface area contributed by atoms with E-state index in [1.54, 1.807) is 0 Å². The first-order valence-corrected chi connectivity index (χ1v) is 42.4. The van der Waals surface area contributed by atoms with E-state index in [1.807, 2.05) is 21.1 Å². The highest BCUT2D eigenvalue weighted by Crippen LogP contribution is 2.21. The second kappa shape index (κ2) is 76.8. The monoisotopic (exact) mass is 1330 g/mol. The summed E-state index contributed by atoms with van der Waals surface area (Å²) in [5.74, 6) is -1.96. The Morgan fingerprint density at radius 3 is 0.787 bits per heavy atom. The Hall–Kier alpha value is -1.97. The van der Waals surface area contributed by atoms with E-state index < -0.39 is 18.4 Å². The SMILES string of the molecule is CCCCCCCCCC/C=C\CCCCCCCCCCCCCCCCCCCCCCCCCCCCCCCC(=O)OC(COC(=O)CCCCCCCCCCCCCCCCCCCCCCCCCCCCCC)COC(OCC[N+](C)(C)C)C(=O)O. The zero-order valence-corrected chi connectivity index (χ0v) is 64.2. The molecule has 0 fully saturated rings. The highest BCUT2D eigenvalue weighted by Gasteiger charge is 2.25. The number of ether oxygens (including phenoxy) is 4. The molecule has 0 aliphatic carbocycles. The fourth-order valence-corrected chi connectivity index (χ4v) is 13.3. The van der Waals surface area contributed by atoms with Gasteiger partial charge in [-0.25, -0.2) is 4.79 Å². The molecule has 0 aromatic carbocycles. The van der Waals surface area contributed by atoms with Gasteiger partial charge in [0.05, 0.1) is 34.4 Å². The Balaban J connectivity index is 3.89. The zero-order valence-electron chi connectivity index (χ0n) is 64.2. The van der Waals surface area contributed by atoms with Crippen molar-refractivity contribution in [2.75, 3.05) is 47.5 Å². The third kappa shape index (κ3) is 77.4. The van der Waals surface area contributed by atoms with Gasteiger partial charge in [-0.15, -0.1) is 0 Å². The van der Waals surface area contributed by atoms with Crippen LogP contribution in [-0.4, -0.2) is 87.4 Å². The molecule has 558 valence electrons.